The molecule has 1 aromatic heterocycles. The Labute approximate surface area is 210 Å². The second kappa shape index (κ2) is 12.6. The monoisotopic (exact) mass is 488 g/mol. The summed E-state index contributed by atoms with van der Waals surface area (Å²) < 4.78 is 5.50. The van der Waals surface area contributed by atoms with Crippen molar-refractivity contribution >= 4 is 23.6 Å². The van der Waals surface area contributed by atoms with Crippen molar-refractivity contribution in [2.75, 3.05) is 26.7 Å². The van der Waals surface area contributed by atoms with Gasteiger partial charge in [-0.3, -0.25) is 4.79 Å². The number of likely N-dealkylation sites (tertiary alicyclic amines) is 1. The Balaban J connectivity index is 0.000000253. The molecule has 9 nitrogen and oxygen atoms in total. The van der Waals surface area contributed by atoms with Gasteiger partial charge < -0.3 is 30.4 Å². The molecule has 2 aromatic carbocycles. The first-order chi connectivity index (χ1) is 17.3. The van der Waals surface area contributed by atoms with Gasteiger partial charge in [-0.1, -0.05) is 35.5 Å². The molecule has 0 atom stereocenters. The number of nitrogens with one attached hydrogen (secondary N) is 3. The third kappa shape index (κ3) is 7.02. The fourth-order valence-corrected chi connectivity index (χ4v) is 3.92. The molecule has 3 aromatic rings. The van der Waals surface area contributed by atoms with Crippen LogP contribution in [0.3, 0.4) is 0 Å². The minimum Gasteiger partial charge on any atom is -0.345 e. The third-order valence-corrected chi connectivity index (χ3v) is 5.98. The lowest BCUT2D eigenvalue weighted by molar-refractivity contribution is -0.107. The van der Waals surface area contributed by atoms with Crippen molar-refractivity contribution in [3.05, 3.63) is 71.1 Å². The van der Waals surface area contributed by atoms with Gasteiger partial charge in [-0.05, 0) is 65.0 Å². The van der Waals surface area contributed by atoms with Crippen LogP contribution < -0.4 is 5.32 Å². The minimum atomic E-state index is -0.220. The fourth-order valence-electron chi connectivity index (χ4n) is 3.92. The van der Waals surface area contributed by atoms with E-state index in [2.05, 4.69) is 27.4 Å². The summed E-state index contributed by atoms with van der Waals surface area (Å²) in [5, 5.41) is 22.4. The lowest BCUT2D eigenvalue weighted by Gasteiger charge is -2.26. The van der Waals surface area contributed by atoms with E-state index in [1.807, 2.05) is 24.3 Å². The Hall–Kier alpha value is -3.98. The zero-order valence-corrected chi connectivity index (χ0v) is 20.9. The predicted molar refractivity (Wildman–Crippen MR) is 139 cm³/mol. The second-order valence-electron chi connectivity index (χ2n) is 8.79. The number of aromatic nitrogens is 2. The largest absolute Gasteiger partial charge is 0.345 e. The lowest BCUT2D eigenvalue weighted by Crippen LogP contribution is -2.29. The van der Waals surface area contributed by atoms with Crippen LogP contribution in [0.15, 0.2) is 53.1 Å². The summed E-state index contributed by atoms with van der Waals surface area (Å²) in [5.41, 5.74) is 3.78. The number of amides is 1. The van der Waals surface area contributed by atoms with Crippen molar-refractivity contribution in [2.45, 2.75) is 32.6 Å². The summed E-state index contributed by atoms with van der Waals surface area (Å²) in [5.74, 6) is 1.37. The van der Waals surface area contributed by atoms with E-state index in [9.17, 15) is 9.59 Å². The van der Waals surface area contributed by atoms with E-state index in [4.69, 9.17) is 15.3 Å². The molecular formula is C27H32N6O3. The Morgan fingerprint density at radius 1 is 1.08 bits per heavy atom. The Bertz CT molecular complexity index is 1210. The zero-order chi connectivity index (χ0) is 26.1. The Kier molecular flexibility index (Phi) is 9.35. The molecule has 0 bridgehead atoms. The van der Waals surface area contributed by atoms with Crippen LogP contribution >= 0.6 is 0 Å². The first-order valence-corrected chi connectivity index (χ1v) is 11.8. The lowest BCUT2D eigenvalue weighted by atomic mass is 9.96. The molecule has 1 saturated heterocycles. The highest BCUT2D eigenvalue weighted by molar-refractivity contribution is 6.09. The van der Waals surface area contributed by atoms with E-state index < -0.39 is 0 Å². The third-order valence-electron chi connectivity index (χ3n) is 5.98. The number of carbonyl (C=O) groups excluding carboxylic acids is 2. The smallest absolute Gasteiger partial charge is 0.251 e. The van der Waals surface area contributed by atoms with Gasteiger partial charge in [-0.15, -0.1) is 0 Å². The van der Waals surface area contributed by atoms with E-state index in [0.717, 1.165) is 42.6 Å². The molecule has 0 spiro atoms. The highest BCUT2D eigenvalue weighted by atomic mass is 16.5. The molecule has 36 heavy (non-hydrogen) atoms. The number of nitrogens with zero attached hydrogens (tertiary/aromatic N) is 3. The van der Waals surface area contributed by atoms with E-state index >= 15 is 0 Å². The number of aldehydes is 1. The molecule has 1 aliphatic heterocycles. The van der Waals surface area contributed by atoms with E-state index in [0.29, 0.717) is 40.9 Å². The van der Waals surface area contributed by atoms with Crippen molar-refractivity contribution in [3.8, 4) is 11.4 Å². The Morgan fingerprint density at radius 2 is 1.75 bits per heavy atom. The zero-order valence-electron chi connectivity index (χ0n) is 20.9. The standard InChI is InChI=1S/C18H23N5O.C9H9NO2/c1-11(19)15-5-4-14(10-16(15)12(2)20)17-21-18(24-22-17)13-6-8-23(3)9-7-13;11-7-6-10-9(12)8-4-2-1-3-5-8/h4-5,10,13,19-20H,6-9H2,1-3H3;1-5,7H,6H2,(H,10,12). The van der Waals surface area contributed by atoms with Gasteiger partial charge in [-0.25, -0.2) is 0 Å². The molecule has 188 valence electrons. The summed E-state index contributed by atoms with van der Waals surface area (Å²) in [4.78, 5) is 28.0. The van der Waals surface area contributed by atoms with Crippen molar-refractivity contribution < 1.29 is 14.1 Å². The van der Waals surface area contributed by atoms with Gasteiger partial charge in [0.25, 0.3) is 5.91 Å². The molecule has 2 heterocycles. The summed E-state index contributed by atoms with van der Waals surface area (Å²) in [7, 11) is 2.13. The summed E-state index contributed by atoms with van der Waals surface area (Å²) in [6.45, 7) is 5.62. The molecule has 1 aliphatic rings. The second-order valence-corrected chi connectivity index (χ2v) is 8.79. The molecule has 9 heteroatoms. The molecule has 1 amide bonds. The van der Waals surface area contributed by atoms with Gasteiger partial charge in [0.2, 0.25) is 11.7 Å². The van der Waals surface area contributed by atoms with Crippen molar-refractivity contribution in [2.24, 2.45) is 0 Å². The number of benzene rings is 2. The normalized spacial score (nSPS) is 13.9. The number of carbonyl (C=O) groups is 2. The van der Waals surface area contributed by atoms with Gasteiger partial charge in [0, 0.05) is 39.6 Å². The molecule has 3 N–H and O–H groups in total. The molecular weight excluding hydrogens is 456 g/mol. The molecule has 0 unspecified atom stereocenters. The van der Waals surface area contributed by atoms with Crippen LogP contribution in [0.1, 0.15) is 60.0 Å². The van der Waals surface area contributed by atoms with Crippen molar-refractivity contribution in [3.63, 3.8) is 0 Å². The minimum absolute atomic E-state index is 0.0632. The van der Waals surface area contributed by atoms with Crippen LogP contribution in [0.4, 0.5) is 0 Å². The van der Waals surface area contributed by atoms with Gasteiger partial charge >= 0.3 is 0 Å². The molecule has 0 aliphatic carbocycles. The highest BCUT2D eigenvalue weighted by Crippen LogP contribution is 2.28. The quantitative estimate of drug-likeness (QED) is 0.340. The first-order valence-electron chi connectivity index (χ1n) is 11.8. The van der Waals surface area contributed by atoms with Gasteiger partial charge in [0.05, 0.1) is 6.54 Å². The number of hydrogen-bond acceptors (Lipinski definition) is 8. The van der Waals surface area contributed by atoms with Crippen LogP contribution in [0.5, 0.6) is 0 Å². The van der Waals surface area contributed by atoms with Gasteiger partial charge in [0.1, 0.15) is 6.29 Å². The highest BCUT2D eigenvalue weighted by Gasteiger charge is 2.24. The van der Waals surface area contributed by atoms with Crippen LogP contribution in [-0.4, -0.2) is 65.3 Å². The number of rotatable bonds is 7. The van der Waals surface area contributed by atoms with Crippen LogP contribution in [0.2, 0.25) is 0 Å². The van der Waals surface area contributed by atoms with Crippen molar-refractivity contribution in [1.29, 1.82) is 10.8 Å². The summed E-state index contributed by atoms with van der Waals surface area (Å²) >= 11 is 0. The topological polar surface area (TPSA) is 136 Å². The van der Waals surface area contributed by atoms with Crippen LogP contribution in [0, 0.1) is 10.8 Å². The maximum Gasteiger partial charge on any atom is 0.251 e. The average Bonchev–Trinajstić information content (AvgIpc) is 3.38. The number of hydrogen-bond donors (Lipinski definition) is 3. The average molecular weight is 489 g/mol. The van der Waals surface area contributed by atoms with Crippen LogP contribution in [0.25, 0.3) is 11.4 Å². The van der Waals surface area contributed by atoms with Crippen molar-refractivity contribution in [1.82, 2.24) is 20.4 Å². The van der Waals surface area contributed by atoms with E-state index in [1.54, 1.807) is 38.1 Å². The summed E-state index contributed by atoms with van der Waals surface area (Å²) in [6, 6.07) is 14.4. The van der Waals surface area contributed by atoms with E-state index in [1.165, 1.54) is 0 Å². The SMILES string of the molecule is CC(=N)c1ccc(-c2noc(C3CCN(C)CC3)n2)cc1C(C)=N.O=CCNC(=O)c1ccccc1. The predicted octanol–water partition coefficient (Wildman–Crippen LogP) is 3.94. The van der Waals surface area contributed by atoms with Gasteiger partial charge in [0.15, 0.2) is 0 Å². The first kappa shape index (κ1) is 26.6. The van der Waals surface area contributed by atoms with Crippen LogP contribution in [-0.2, 0) is 4.79 Å². The molecule has 0 saturated carbocycles. The van der Waals surface area contributed by atoms with Gasteiger partial charge in [-0.2, -0.15) is 4.98 Å². The molecule has 4 rings (SSSR count). The molecule has 1 fully saturated rings. The Morgan fingerprint density at radius 3 is 2.36 bits per heavy atom. The number of piperidine rings is 1. The molecule has 0 radical (unpaired) electrons. The maximum absolute atomic E-state index is 11.1. The maximum atomic E-state index is 11.1. The fraction of sp³-hybridized carbons (Fsp3) is 0.333. The summed E-state index contributed by atoms with van der Waals surface area (Å²) in [6.07, 6.45) is 2.73. The van der Waals surface area contributed by atoms with E-state index in [-0.39, 0.29) is 12.5 Å².